The molecule has 0 bridgehead atoms. The Morgan fingerprint density at radius 2 is 1.65 bits per heavy atom. The molecule has 158 valence electrons. The predicted octanol–water partition coefficient (Wildman–Crippen LogP) is 6.01. The minimum atomic E-state index is -0.743. The van der Waals surface area contributed by atoms with E-state index in [9.17, 15) is 14.3 Å². The lowest BCUT2D eigenvalue weighted by molar-refractivity contribution is 0.0595. The van der Waals surface area contributed by atoms with E-state index in [1.54, 1.807) is 0 Å². The molecule has 4 rings (SSSR count). The molecule has 0 saturated heterocycles. The molecule has 0 spiro atoms. The zero-order valence-electron chi connectivity index (χ0n) is 17.7. The Morgan fingerprint density at radius 1 is 0.968 bits per heavy atom. The van der Waals surface area contributed by atoms with Gasteiger partial charge in [0.25, 0.3) is 0 Å². The lowest BCUT2D eigenvalue weighted by Crippen LogP contribution is -2.05. The van der Waals surface area contributed by atoms with Gasteiger partial charge in [-0.3, -0.25) is 0 Å². The number of nitrogens with zero attached hydrogens (tertiary/aromatic N) is 1. The van der Waals surface area contributed by atoms with Crippen molar-refractivity contribution in [3.05, 3.63) is 89.7 Å². The molecule has 1 heterocycles. The Balaban J connectivity index is 0.00000132. The quantitative estimate of drug-likeness (QED) is 0.413. The standard InChI is InChI=1S/C24H18FNO3.C2H6/c1-29-24(28)20-13-22-18(12-21(20)25)11-19(16-5-3-2-4-6-16)23(26-22)17-9-7-15(14-27)8-10-17;1-2/h2-13,27H,14H2,1H3;1-2H3. The van der Waals surface area contributed by atoms with Crippen LogP contribution in [-0.4, -0.2) is 23.2 Å². The molecule has 1 N–H and O–H groups in total. The normalized spacial score (nSPS) is 10.4. The van der Waals surface area contributed by atoms with E-state index in [0.29, 0.717) is 16.6 Å². The maximum atomic E-state index is 14.4. The number of carbonyl (C=O) groups excluding carboxylic acids is 1. The lowest BCUT2D eigenvalue weighted by Gasteiger charge is -2.13. The van der Waals surface area contributed by atoms with Crippen LogP contribution < -0.4 is 0 Å². The fraction of sp³-hybridized carbons (Fsp3) is 0.154. The van der Waals surface area contributed by atoms with Crippen molar-refractivity contribution in [1.29, 1.82) is 0 Å². The molecule has 1 aromatic heterocycles. The third-order valence-corrected chi connectivity index (χ3v) is 4.80. The molecule has 0 atom stereocenters. The van der Waals surface area contributed by atoms with Crippen LogP contribution in [0, 0.1) is 5.82 Å². The number of carbonyl (C=O) groups is 1. The average Bonchev–Trinajstić information content (AvgIpc) is 2.84. The second-order valence-electron chi connectivity index (χ2n) is 6.62. The van der Waals surface area contributed by atoms with Crippen molar-refractivity contribution in [2.24, 2.45) is 0 Å². The van der Waals surface area contributed by atoms with Crippen molar-refractivity contribution < 1.29 is 19.0 Å². The molecule has 5 heteroatoms. The predicted molar refractivity (Wildman–Crippen MR) is 121 cm³/mol. The molecule has 3 aromatic carbocycles. The molecular weight excluding hydrogens is 393 g/mol. The molecule has 0 radical (unpaired) electrons. The van der Waals surface area contributed by atoms with Gasteiger partial charge >= 0.3 is 5.97 Å². The Hall–Kier alpha value is -3.57. The molecule has 0 unspecified atom stereocenters. The van der Waals surface area contributed by atoms with Crippen LogP contribution >= 0.6 is 0 Å². The van der Waals surface area contributed by atoms with Crippen LogP contribution in [0.5, 0.6) is 0 Å². The number of aliphatic hydroxyl groups excluding tert-OH is 1. The van der Waals surface area contributed by atoms with Crippen molar-refractivity contribution in [2.45, 2.75) is 20.5 Å². The summed E-state index contributed by atoms with van der Waals surface area (Å²) in [5, 5.41) is 9.90. The van der Waals surface area contributed by atoms with Gasteiger partial charge in [-0.2, -0.15) is 0 Å². The van der Waals surface area contributed by atoms with Gasteiger partial charge in [0.2, 0.25) is 0 Å². The fourth-order valence-electron chi connectivity index (χ4n) is 3.29. The average molecular weight is 417 g/mol. The van der Waals surface area contributed by atoms with Gasteiger partial charge in [-0.05, 0) is 29.3 Å². The van der Waals surface area contributed by atoms with Crippen molar-refractivity contribution >= 4 is 16.9 Å². The number of fused-ring (bicyclic) bond motifs is 1. The smallest absolute Gasteiger partial charge is 0.340 e. The molecule has 0 aliphatic rings. The number of esters is 1. The van der Waals surface area contributed by atoms with E-state index < -0.39 is 11.8 Å². The third-order valence-electron chi connectivity index (χ3n) is 4.80. The van der Waals surface area contributed by atoms with E-state index in [1.807, 2.05) is 74.5 Å². The fourth-order valence-corrected chi connectivity index (χ4v) is 3.29. The summed E-state index contributed by atoms with van der Waals surface area (Å²) in [7, 11) is 1.21. The Morgan fingerprint density at radius 3 is 2.26 bits per heavy atom. The van der Waals surface area contributed by atoms with E-state index in [1.165, 1.54) is 19.2 Å². The minimum absolute atomic E-state index is 0.0429. The van der Waals surface area contributed by atoms with Crippen LogP contribution in [0.25, 0.3) is 33.3 Å². The Labute approximate surface area is 181 Å². The van der Waals surface area contributed by atoms with Crippen molar-refractivity contribution in [1.82, 2.24) is 4.98 Å². The highest BCUT2D eigenvalue weighted by Crippen LogP contribution is 2.34. The van der Waals surface area contributed by atoms with E-state index in [-0.39, 0.29) is 12.2 Å². The van der Waals surface area contributed by atoms with Crippen LogP contribution in [0.3, 0.4) is 0 Å². The van der Waals surface area contributed by atoms with Gasteiger partial charge in [-0.15, -0.1) is 0 Å². The van der Waals surface area contributed by atoms with Crippen LogP contribution in [0.2, 0.25) is 0 Å². The van der Waals surface area contributed by atoms with Crippen molar-refractivity contribution in [2.75, 3.05) is 7.11 Å². The summed E-state index contributed by atoms with van der Waals surface area (Å²) in [5.74, 6) is -1.39. The van der Waals surface area contributed by atoms with Gasteiger partial charge in [-0.1, -0.05) is 68.4 Å². The van der Waals surface area contributed by atoms with E-state index in [2.05, 4.69) is 4.74 Å². The first-order valence-corrected chi connectivity index (χ1v) is 10.1. The summed E-state index contributed by atoms with van der Waals surface area (Å²) in [5.41, 5.74) is 4.49. The van der Waals surface area contributed by atoms with Crippen LogP contribution in [0.4, 0.5) is 4.39 Å². The molecule has 4 nitrogen and oxygen atoms in total. The van der Waals surface area contributed by atoms with Gasteiger partial charge < -0.3 is 9.84 Å². The molecule has 0 aliphatic heterocycles. The van der Waals surface area contributed by atoms with E-state index in [0.717, 1.165) is 22.3 Å². The molecule has 31 heavy (non-hydrogen) atoms. The van der Waals surface area contributed by atoms with Crippen molar-refractivity contribution in [3.63, 3.8) is 0 Å². The summed E-state index contributed by atoms with van der Waals surface area (Å²) < 4.78 is 19.1. The van der Waals surface area contributed by atoms with Crippen LogP contribution in [0.1, 0.15) is 29.8 Å². The molecule has 4 aromatic rings. The number of hydrogen-bond donors (Lipinski definition) is 1. The number of aromatic nitrogens is 1. The van der Waals surface area contributed by atoms with Crippen molar-refractivity contribution in [3.8, 4) is 22.4 Å². The summed E-state index contributed by atoms with van der Waals surface area (Å²) in [6.45, 7) is 3.96. The second-order valence-corrected chi connectivity index (χ2v) is 6.62. The van der Waals surface area contributed by atoms with E-state index >= 15 is 0 Å². The zero-order chi connectivity index (χ0) is 22.4. The topological polar surface area (TPSA) is 59.4 Å². The van der Waals surface area contributed by atoms with Gasteiger partial charge in [0.15, 0.2) is 0 Å². The highest BCUT2D eigenvalue weighted by Gasteiger charge is 2.17. The number of pyridine rings is 1. The summed E-state index contributed by atoms with van der Waals surface area (Å²) in [6.07, 6.45) is 0. The second kappa shape index (κ2) is 9.96. The highest BCUT2D eigenvalue weighted by atomic mass is 19.1. The maximum absolute atomic E-state index is 14.4. The minimum Gasteiger partial charge on any atom is -0.465 e. The molecule has 0 saturated carbocycles. The highest BCUT2D eigenvalue weighted by molar-refractivity contribution is 5.97. The number of hydrogen-bond acceptors (Lipinski definition) is 4. The van der Waals surface area contributed by atoms with Gasteiger partial charge in [0.05, 0.1) is 30.5 Å². The first kappa shape index (κ1) is 22.1. The van der Waals surface area contributed by atoms with Crippen LogP contribution in [0.15, 0.2) is 72.8 Å². The lowest BCUT2D eigenvalue weighted by atomic mass is 9.96. The maximum Gasteiger partial charge on any atom is 0.340 e. The Bertz CT molecular complexity index is 1190. The number of rotatable bonds is 4. The van der Waals surface area contributed by atoms with Gasteiger partial charge in [0.1, 0.15) is 5.82 Å². The number of methoxy groups -OCH3 is 1. The monoisotopic (exact) mass is 417 g/mol. The first-order valence-electron chi connectivity index (χ1n) is 10.1. The summed E-state index contributed by atoms with van der Waals surface area (Å²) in [6, 6.07) is 21.7. The summed E-state index contributed by atoms with van der Waals surface area (Å²) >= 11 is 0. The van der Waals surface area contributed by atoms with Crippen LogP contribution in [-0.2, 0) is 11.3 Å². The van der Waals surface area contributed by atoms with Gasteiger partial charge in [0, 0.05) is 16.5 Å². The largest absolute Gasteiger partial charge is 0.465 e. The zero-order valence-corrected chi connectivity index (χ0v) is 17.7. The molecular formula is C26H24FNO3. The molecule has 0 aliphatic carbocycles. The van der Waals surface area contributed by atoms with Gasteiger partial charge in [-0.25, -0.2) is 14.2 Å². The third kappa shape index (κ3) is 4.62. The number of halogens is 1. The number of ether oxygens (including phenoxy) is 1. The number of benzene rings is 3. The Kier molecular flexibility index (Phi) is 7.11. The number of aliphatic hydroxyl groups is 1. The summed E-state index contributed by atoms with van der Waals surface area (Å²) in [4.78, 5) is 16.6. The first-order chi connectivity index (χ1) is 15.1. The molecule has 0 amide bonds. The van der Waals surface area contributed by atoms with E-state index in [4.69, 9.17) is 4.98 Å². The molecule has 0 fully saturated rings. The SMILES string of the molecule is CC.COC(=O)c1cc2nc(-c3ccc(CO)cc3)c(-c3ccccc3)cc2cc1F.